The summed E-state index contributed by atoms with van der Waals surface area (Å²) in [4.78, 5) is 20.7. The average molecular weight is 242 g/mol. The molecule has 7 heteroatoms. The molecule has 1 unspecified atom stereocenters. The molecular formula is C9H8ClN3O3. The number of Topliss-reactive ketones (excluding diaryl/α,β-unsaturated/α-hetero) is 1. The smallest absolute Gasteiger partial charge is 0.271 e. The number of azo groups is 1. The summed E-state index contributed by atoms with van der Waals surface area (Å²) in [5.41, 5.74) is -0.870. The van der Waals surface area contributed by atoms with Crippen LogP contribution in [-0.2, 0) is 4.79 Å². The molecule has 0 saturated heterocycles. The number of non-ortho nitro benzene ring substituents is 1. The fourth-order valence-corrected chi connectivity index (χ4v) is 0.911. The van der Waals surface area contributed by atoms with E-state index in [1.54, 1.807) is 0 Å². The lowest BCUT2D eigenvalue weighted by atomic mass is 10.3. The Morgan fingerprint density at radius 3 is 2.81 bits per heavy atom. The largest absolute Gasteiger partial charge is 0.296 e. The van der Waals surface area contributed by atoms with Gasteiger partial charge in [-0.1, -0.05) is 17.7 Å². The second kappa shape index (κ2) is 5.32. The third-order valence-corrected chi connectivity index (χ3v) is 2.05. The summed E-state index contributed by atoms with van der Waals surface area (Å²) in [6.45, 7) is 1.28. The van der Waals surface area contributed by atoms with Gasteiger partial charge in [-0.2, -0.15) is 10.2 Å². The zero-order valence-corrected chi connectivity index (χ0v) is 9.09. The van der Waals surface area contributed by atoms with Crippen molar-refractivity contribution in [3.05, 3.63) is 34.4 Å². The Labute approximate surface area is 96.1 Å². The van der Waals surface area contributed by atoms with Gasteiger partial charge in [0.15, 0.2) is 5.78 Å². The Morgan fingerprint density at radius 2 is 2.25 bits per heavy atom. The molecule has 1 rings (SSSR count). The van der Waals surface area contributed by atoms with Gasteiger partial charge in [0.05, 0.1) is 10.6 Å². The minimum atomic E-state index is -1.06. The van der Waals surface area contributed by atoms with Gasteiger partial charge >= 0.3 is 0 Å². The Bertz CT molecular complexity index is 447. The third-order valence-electron chi connectivity index (χ3n) is 1.65. The molecule has 0 heterocycles. The van der Waals surface area contributed by atoms with Gasteiger partial charge < -0.3 is 0 Å². The molecule has 6 nitrogen and oxygen atoms in total. The van der Waals surface area contributed by atoms with E-state index >= 15 is 0 Å². The molecule has 0 aromatic heterocycles. The molecule has 1 atom stereocenters. The van der Waals surface area contributed by atoms with Crippen molar-refractivity contribution in [2.45, 2.75) is 12.4 Å². The van der Waals surface area contributed by atoms with Crippen molar-refractivity contribution in [2.24, 2.45) is 10.2 Å². The number of nitro groups is 1. The maximum Gasteiger partial charge on any atom is 0.271 e. The molecule has 0 bridgehead atoms. The Balaban J connectivity index is 2.85. The summed E-state index contributed by atoms with van der Waals surface area (Å²) in [5.74, 6) is -0.337. The lowest BCUT2D eigenvalue weighted by Gasteiger charge is -1.96. The van der Waals surface area contributed by atoms with Crippen molar-refractivity contribution >= 4 is 28.8 Å². The number of rotatable bonds is 4. The topological polar surface area (TPSA) is 84.9 Å². The SMILES string of the molecule is CC(=O)C(Cl)N=Nc1cccc([N+](=O)[O-])c1. The second-order valence-electron chi connectivity index (χ2n) is 2.94. The van der Waals surface area contributed by atoms with Crippen LogP contribution >= 0.6 is 11.6 Å². The fourth-order valence-electron chi connectivity index (χ4n) is 0.867. The molecule has 16 heavy (non-hydrogen) atoms. The van der Waals surface area contributed by atoms with Crippen LogP contribution in [0.15, 0.2) is 34.5 Å². The Hall–Kier alpha value is -1.82. The molecule has 0 aliphatic rings. The first-order valence-corrected chi connectivity index (χ1v) is 4.74. The lowest BCUT2D eigenvalue weighted by Crippen LogP contribution is -2.04. The van der Waals surface area contributed by atoms with Crippen LogP contribution in [-0.4, -0.2) is 16.2 Å². The van der Waals surface area contributed by atoms with E-state index in [9.17, 15) is 14.9 Å². The molecular weight excluding hydrogens is 234 g/mol. The van der Waals surface area contributed by atoms with Crippen LogP contribution in [0.1, 0.15) is 6.92 Å². The molecule has 0 fully saturated rings. The quantitative estimate of drug-likeness (QED) is 0.267. The van der Waals surface area contributed by atoms with Gasteiger partial charge in [0.1, 0.15) is 0 Å². The number of nitro benzene ring substituents is 1. The molecule has 0 aliphatic carbocycles. The maximum absolute atomic E-state index is 10.7. The van der Waals surface area contributed by atoms with Gasteiger partial charge in [0.2, 0.25) is 5.50 Å². The van der Waals surface area contributed by atoms with Crippen molar-refractivity contribution in [1.82, 2.24) is 0 Å². The maximum atomic E-state index is 10.7. The molecule has 1 aromatic rings. The van der Waals surface area contributed by atoms with Crippen LogP contribution in [0.5, 0.6) is 0 Å². The highest BCUT2D eigenvalue weighted by Gasteiger charge is 2.08. The van der Waals surface area contributed by atoms with Crippen molar-refractivity contribution in [2.75, 3.05) is 0 Å². The van der Waals surface area contributed by atoms with E-state index < -0.39 is 10.4 Å². The minimum absolute atomic E-state index is 0.0922. The van der Waals surface area contributed by atoms with E-state index in [1.807, 2.05) is 0 Å². The van der Waals surface area contributed by atoms with Crippen LogP contribution in [0.4, 0.5) is 11.4 Å². The van der Waals surface area contributed by atoms with Crippen LogP contribution in [0.3, 0.4) is 0 Å². The van der Waals surface area contributed by atoms with Crippen molar-refractivity contribution < 1.29 is 9.72 Å². The van der Waals surface area contributed by atoms with Crippen molar-refractivity contribution in [3.8, 4) is 0 Å². The van der Waals surface area contributed by atoms with E-state index in [4.69, 9.17) is 11.6 Å². The molecule has 0 aliphatic heterocycles. The highest BCUT2D eigenvalue weighted by Crippen LogP contribution is 2.20. The number of hydrogen-bond acceptors (Lipinski definition) is 5. The predicted molar refractivity (Wildman–Crippen MR) is 57.9 cm³/mol. The highest BCUT2D eigenvalue weighted by molar-refractivity contribution is 6.30. The number of carbonyl (C=O) groups is 1. The van der Waals surface area contributed by atoms with Crippen LogP contribution < -0.4 is 0 Å². The molecule has 0 spiro atoms. The van der Waals surface area contributed by atoms with Gasteiger partial charge in [-0.05, 0) is 13.0 Å². The minimum Gasteiger partial charge on any atom is -0.296 e. The van der Waals surface area contributed by atoms with Gasteiger partial charge in [-0.25, -0.2) is 0 Å². The lowest BCUT2D eigenvalue weighted by molar-refractivity contribution is -0.384. The van der Waals surface area contributed by atoms with E-state index in [-0.39, 0.29) is 17.2 Å². The summed E-state index contributed by atoms with van der Waals surface area (Å²) in [7, 11) is 0. The van der Waals surface area contributed by atoms with Crippen molar-refractivity contribution in [1.29, 1.82) is 0 Å². The molecule has 84 valence electrons. The van der Waals surface area contributed by atoms with E-state index in [2.05, 4.69) is 10.2 Å². The standard InChI is InChI=1S/C9H8ClN3O3/c1-6(14)9(10)12-11-7-3-2-4-8(5-7)13(15)16/h2-5,9H,1H3. The van der Waals surface area contributed by atoms with Gasteiger partial charge in [0.25, 0.3) is 5.69 Å². The van der Waals surface area contributed by atoms with Gasteiger partial charge in [0, 0.05) is 12.1 Å². The van der Waals surface area contributed by atoms with E-state index in [1.165, 1.54) is 31.2 Å². The Morgan fingerprint density at radius 1 is 1.56 bits per heavy atom. The summed E-state index contributed by atoms with van der Waals surface area (Å²) >= 11 is 5.52. The van der Waals surface area contributed by atoms with Crippen molar-refractivity contribution in [3.63, 3.8) is 0 Å². The van der Waals surface area contributed by atoms with Crippen LogP contribution in [0, 0.1) is 10.1 Å². The Kier molecular flexibility index (Phi) is 4.07. The number of benzene rings is 1. The molecule has 0 N–H and O–H groups in total. The normalized spacial score (nSPS) is 12.6. The number of alkyl halides is 1. The average Bonchev–Trinajstić information content (AvgIpc) is 2.26. The number of carbonyl (C=O) groups excluding carboxylic acids is 1. The molecule has 0 radical (unpaired) electrons. The summed E-state index contributed by atoms with van der Waals surface area (Å²) in [6.07, 6.45) is 0. The zero-order chi connectivity index (χ0) is 12.1. The number of halogens is 1. The monoisotopic (exact) mass is 241 g/mol. The number of ketones is 1. The number of nitrogens with zero attached hydrogens (tertiary/aromatic N) is 3. The predicted octanol–water partition coefficient (Wildman–Crippen LogP) is 2.83. The molecule has 0 amide bonds. The van der Waals surface area contributed by atoms with E-state index in [0.717, 1.165) is 0 Å². The second-order valence-corrected chi connectivity index (χ2v) is 3.35. The molecule has 1 aromatic carbocycles. The molecule has 0 saturated carbocycles. The summed E-state index contributed by atoms with van der Waals surface area (Å²) < 4.78 is 0. The fraction of sp³-hybridized carbons (Fsp3) is 0.222. The van der Waals surface area contributed by atoms with Crippen LogP contribution in [0.25, 0.3) is 0 Å². The van der Waals surface area contributed by atoms with Gasteiger partial charge in [-0.3, -0.25) is 14.9 Å². The third kappa shape index (κ3) is 3.39. The summed E-state index contributed by atoms with van der Waals surface area (Å²) in [5, 5.41) is 17.6. The summed E-state index contributed by atoms with van der Waals surface area (Å²) in [6, 6.07) is 5.58. The van der Waals surface area contributed by atoms with Crippen LogP contribution in [0.2, 0.25) is 0 Å². The number of hydrogen-bond donors (Lipinski definition) is 0. The first-order chi connectivity index (χ1) is 7.50. The highest BCUT2D eigenvalue weighted by atomic mass is 35.5. The first kappa shape index (κ1) is 12.3. The zero-order valence-electron chi connectivity index (χ0n) is 8.33. The van der Waals surface area contributed by atoms with E-state index in [0.29, 0.717) is 0 Å². The first-order valence-electron chi connectivity index (χ1n) is 4.30. The van der Waals surface area contributed by atoms with Gasteiger partial charge in [-0.15, -0.1) is 0 Å².